The molecule has 0 aliphatic heterocycles. The van der Waals surface area contributed by atoms with E-state index in [2.05, 4.69) is 47.2 Å². The number of nitrogens with two attached hydrogens (primary N) is 1. The summed E-state index contributed by atoms with van der Waals surface area (Å²) in [4.78, 5) is 20.6. The Labute approximate surface area is 248 Å². The van der Waals surface area contributed by atoms with Crippen molar-refractivity contribution in [2.75, 3.05) is 58.3 Å². The molecule has 0 saturated carbocycles. The summed E-state index contributed by atoms with van der Waals surface area (Å²) in [5.74, 6) is 1.41. The molecule has 4 rings (SSSR count). The molecule has 0 amide bonds. The first-order valence-corrected chi connectivity index (χ1v) is 17.3. The standard InChI is InChI=1S/C33H42N3O5P/c1-23-19-28(41-16-15-39-13-14-40-17-18-42(3,4)38)11-10-27(23)9-7-26-20-30-29-12-8-25(6-5-24(2)37)21-31(29)36-33(34)32(30)35-22-26/h8,10-12,19-22H,5-7,9,13-18H2,1-4H3,(H2,34,36). The molecular weight excluding hydrogens is 549 g/mol. The zero-order valence-electron chi connectivity index (χ0n) is 25.2. The van der Waals surface area contributed by atoms with Crippen molar-refractivity contribution in [2.45, 2.75) is 39.5 Å². The number of pyridine rings is 2. The molecule has 0 fully saturated rings. The number of aromatic nitrogens is 2. The number of nitrogens with zero attached hydrogens (tertiary/aromatic N) is 2. The first-order chi connectivity index (χ1) is 20.1. The Kier molecular flexibility index (Phi) is 11.1. The number of fused-ring (bicyclic) bond motifs is 3. The first-order valence-electron chi connectivity index (χ1n) is 14.5. The number of ether oxygens (including phenoxy) is 3. The van der Waals surface area contributed by atoms with Crippen molar-refractivity contribution in [1.29, 1.82) is 0 Å². The molecule has 2 aromatic carbocycles. The van der Waals surface area contributed by atoms with Gasteiger partial charge >= 0.3 is 0 Å². The van der Waals surface area contributed by atoms with E-state index >= 15 is 0 Å². The topological polar surface area (TPSA) is 114 Å². The highest BCUT2D eigenvalue weighted by Gasteiger charge is 2.11. The number of carbonyl (C=O) groups excluding carboxylic acids is 1. The fraction of sp³-hybridized carbons (Fsp3) is 0.424. The van der Waals surface area contributed by atoms with E-state index in [4.69, 9.17) is 19.9 Å². The molecule has 0 aliphatic rings. The lowest BCUT2D eigenvalue weighted by molar-refractivity contribution is -0.116. The van der Waals surface area contributed by atoms with E-state index in [9.17, 15) is 9.36 Å². The van der Waals surface area contributed by atoms with Crippen molar-refractivity contribution in [3.05, 3.63) is 70.9 Å². The first kappa shape index (κ1) is 31.6. The molecule has 9 heteroatoms. The van der Waals surface area contributed by atoms with Crippen molar-refractivity contribution >= 4 is 40.5 Å². The lowest BCUT2D eigenvalue weighted by Crippen LogP contribution is -2.12. The van der Waals surface area contributed by atoms with Crippen molar-refractivity contribution in [2.24, 2.45) is 0 Å². The highest BCUT2D eigenvalue weighted by Crippen LogP contribution is 2.34. The fourth-order valence-electron chi connectivity index (χ4n) is 4.75. The number of carbonyl (C=O) groups is 1. The minimum absolute atomic E-state index is 0.175. The largest absolute Gasteiger partial charge is 0.491 e. The van der Waals surface area contributed by atoms with E-state index in [0.717, 1.165) is 46.0 Å². The predicted octanol–water partition coefficient (Wildman–Crippen LogP) is 6.02. The van der Waals surface area contributed by atoms with Crippen molar-refractivity contribution in [1.82, 2.24) is 9.97 Å². The van der Waals surface area contributed by atoms with Gasteiger partial charge in [-0.1, -0.05) is 18.2 Å². The Bertz CT molecular complexity index is 1580. The lowest BCUT2D eigenvalue weighted by atomic mass is 9.99. The van der Waals surface area contributed by atoms with Crippen LogP contribution in [0.15, 0.2) is 48.7 Å². The highest BCUT2D eigenvalue weighted by atomic mass is 31.2. The number of hydrogen-bond acceptors (Lipinski definition) is 8. The van der Waals surface area contributed by atoms with Gasteiger partial charge in [0.1, 0.15) is 23.7 Å². The maximum Gasteiger partial charge on any atom is 0.150 e. The molecule has 224 valence electrons. The van der Waals surface area contributed by atoms with Gasteiger partial charge in [0.2, 0.25) is 0 Å². The third-order valence-corrected chi connectivity index (χ3v) is 8.45. The van der Waals surface area contributed by atoms with Crippen LogP contribution in [0.1, 0.15) is 35.6 Å². The molecule has 2 heterocycles. The maximum absolute atomic E-state index is 11.7. The van der Waals surface area contributed by atoms with Gasteiger partial charge in [-0.3, -0.25) is 4.98 Å². The van der Waals surface area contributed by atoms with Crippen LogP contribution in [-0.4, -0.2) is 68.3 Å². The third kappa shape index (κ3) is 9.35. The van der Waals surface area contributed by atoms with Crippen LogP contribution in [0, 0.1) is 6.92 Å². The molecule has 0 atom stereocenters. The average molecular weight is 592 g/mol. The molecule has 4 aromatic rings. The van der Waals surface area contributed by atoms with Crippen LogP contribution < -0.4 is 10.5 Å². The monoisotopic (exact) mass is 591 g/mol. The minimum atomic E-state index is -2.02. The maximum atomic E-state index is 11.7. The molecular formula is C33H42N3O5P. The molecule has 0 spiro atoms. The molecule has 0 bridgehead atoms. The Balaban J connectivity index is 1.30. The summed E-state index contributed by atoms with van der Waals surface area (Å²) in [5.41, 5.74) is 12.5. The van der Waals surface area contributed by atoms with E-state index < -0.39 is 7.14 Å². The van der Waals surface area contributed by atoms with Gasteiger partial charge in [0, 0.05) is 29.6 Å². The molecule has 0 saturated heterocycles. The number of Topliss-reactive ketones (excluding diaryl/α,β-unsaturated/α-hetero) is 1. The van der Waals surface area contributed by atoms with Crippen LogP contribution in [0.2, 0.25) is 0 Å². The summed E-state index contributed by atoms with van der Waals surface area (Å²) in [6.45, 7) is 9.68. The number of anilines is 1. The summed E-state index contributed by atoms with van der Waals surface area (Å²) in [6.07, 6.45) is 5.41. The van der Waals surface area contributed by atoms with Crippen LogP contribution >= 0.6 is 7.14 Å². The number of benzene rings is 2. The molecule has 0 unspecified atom stereocenters. The van der Waals surface area contributed by atoms with Crippen LogP contribution in [0.3, 0.4) is 0 Å². The average Bonchev–Trinajstić information content (AvgIpc) is 2.94. The summed E-state index contributed by atoms with van der Waals surface area (Å²) >= 11 is 0. The molecule has 2 N–H and O–H groups in total. The van der Waals surface area contributed by atoms with E-state index in [1.807, 2.05) is 18.3 Å². The zero-order valence-corrected chi connectivity index (χ0v) is 26.0. The van der Waals surface area contributed by atoms with Gasteiger partial charge in [-0.2, -0.15) is 0 Å². The van der Waals surface area contributed by atoms with Crippen LogP contribution in [0.5, 0.6) is 5.75 Å². The number of nitrogen functional groups attached to an aromatic ring is 1. The SMILES string of the molecule is CC(=O)CCc1ccc2c(c1)nc(N)c1ncc(CCc3ccc(OCCOCCOCCP(C)(C)=O)cc3C)cc12. The molecule has 0 radical (unpaired) electrons. The van der Waals surface area contributed by atoms with Gasteiger partial charge < -0.3 is 29.3 Å². The summed E-state index contributed by atoms with van der Waals surface area (Å²) in [6, 6.07) is 14.5. The van der Waals surface area contributed by atoms with Crippen LogP contribution in [0.4, 0.5) is 5.82 Å². The lowest BCUT2D eigenvalue weighted by Gasteiger charge is -2.12. The van der Waals surface area contributed by atoms with Gasteiger partial charge in [0.25, 0.3) is 0 Å². The minimum Gasteiger partial charge on any atom is -0.491 e. The van der Waals surface area contributed by atoms with Crippen LogP contribution in [0.25, 0.3) is 21.8 Å². The second kappa shape index (κ2) is 14.7. The second-order valence-corrected chi connectivity index (χ2v) is 14.8. The summed E-state index contributed by atoms with van der Waals surface area (Å²) in [5, 5.41) is 2.01. The van der Waals surface area contributed by atoms with Crippen molar-refractivity contribution in [3.63, 3.8) is 0 Å². The van der Waals surface area contributed by atoms with Gasteiger partial charge in [-0.15, -0.1) is 0 Å². The third-order valence-electron chi connectivity index (χ3n) is 7.19. The van der Waals surface area contributed by atoms with E-state index in [-0.39, 0.29) is 5.78 Å². The molecule has 0 aliphatic carbocycles. The number of ketones is 1. The van der Waals surface area contributed by atoms with Gasteiger partial charge in [-0.05, 0) is 93.0 Å². The number of rotatable bonds is 16. The number of hydrogen-bond donors (Lipinski definition) is 1. The Morgan fingerprint density at radius 3 is 2.38 bits per heavy atom. The Hall–Kier alpha value is -3.32. The molecule has 42 heavy (non-hydrogen) atoms. The Morgan fingerprint density at radius 2 is 1.64 bits per heavy atom. The smallest absolute Gasteiger partial charge is 0.150 e. The van der Waals surface area contributed by atoms with Crippen LogP contribution in [-0.2, 0) is 38.1 Å². The Morgan fingerprint density at radius 1 is 0.881 bits per heavy atom. The van der Waals surface area contributed by atoms with E-state index in [1.165, 1.54) is 11.1 Å². The zero-order chi connectivity index (χ0) is 30.1. The molecule has 8 nitrogen and oxygen atoms in total. The van der Waals surface area contributed by atoms with E-state index in [1.54, 1.807) is 20.3 Å². The van der Waals surface area contributed by atoms with Crippen molar-refractivity contribution < 1.29 is 23.6 Å². The van der Waals surface area contributed by atoms with E-state index in [0.29, 0.717) is 63.4 Å². The second-order valence-electron chi connectivity index (χ2n) is 11.2. The summed E-state index contributed by atoms with van der Waals surface area (Å²) in [7, 11) is -2.02. The van der Waals surface area contributed by atoms with Gasteiger partial charge in [0.05, 0.1) is 39.1 Å². The van der Waals surface area contributed by atoms with Crippen molar-refractivity contribution in [3.8, 4) is 5.75 Å². The quantitative estimate of drug-likeness (QED) is 0.0957. The molecule has 2 aromatic heterocycles. The summed E-state index contributed by atoms with van der Waals surface area (Å²) < 4.78 is 28.6. The fourth-order valence-corrected chi connectivity index (χ4v) is 5.32. The van der Waals surface area contributed by atoms with Gasteiger partial charge in [0.15, 0.2) is 5.82 Å². The number of aryl methyl sites for hydroxylation is 4. The normalized spacial score (nSPS) is 11.8. The highest BCUT2D eigenvalue weighted by molar-refractivity contribution is 7.62. The van der Waals surface area contributed by atoms with Gasteiger partial charge in [-0.25, -0.2) is 4.98 Å². The predicted molar refractivity (Wildman–Crippen MR) is 170 cm³/mol.